The van der Waals surface area contributed by atoms with Crippen molar-refractivity contribution in [1.82, 2.24) is 5.16 Å². The molecule has 1 N–H and O–H groups in total. The van der Waals surface area contributed by atoms with Gasteiger partial charge in [-0.2, -0.15) is 0 Å². The van der Waals surface area contributed by atoms with Crippen molar-refractivity contribution in [3.05, 3.63) is 41.8 Å². The molecule has 5 nitrogen and oxygen atoms in total. The number of carbonyl (C=O) groups excluding carboxylic acids is 1. The summed E-state index contributed by atoms with van der Waals surface area (Å²) in [7, 11) is 1.57. The summed E-state index contributed by atoms with van der Waals surface area (Å²) in [4.78, 5) is 11.8. The highest BCUT2D eigenvalue weighted by Gasteiger charge is 2.09. The molecule has 0 aliphatic carbocycles. The smallest absolute Gasteiger partial charge is 0.230 e. The van der Waals surface area contributed by atoms with Gasteiger partial charge in [-0.3, -0.25) is 4.79 Å². The molecule has 5 heteroatoms. The minimum absolute atomic E-state index is 0.159. The van der Waals surface area contributed by atoms with Crippen molar-refractivity contribution in [3.63, 3.8) is 0 Å². The van der Waals surface area contributed by atoms with Gasteiger partial charge in [0.15, 0.2) is 0 Å². The highest BCUT2D eigenvalue weighted by molar-refractivity contribution is 5.93. The van der Waals surface area contributed by atoms with Crippen molar-refractivity contribution < 1.29 is 14.1 Å². The average Bonchev–Trinajstić information content (AvgIpc) is 2.82. The largest absolute Gasteiger partial charge is 0.495 e. The number of aromatic nitrogens is 1. The lowest BCUT2D eigenvalue weighted by Crippen LogP contribution is -2.15. The first-order valence-electron chi connectivity index (χ1n) is 5.53. The minimum atomic E-state index is -0.159. The van der Waals surface area contributed by atoms with E-state index in [1.807, 2.05) is 25.1 Å². The average molecular weight is 246 g/mol. The first-order valence-corrected chi connectivity index (χ1v) is 5.53. The zero-order chi connectivity index (χ0) is 13.0. The molecule has 2 aromatic rings. The van der Waals surface area contributed by atoms with Gasteiger partial charge in [0.25, 0.3) is 0 Å². The SMILES string of the molecule is COc1ccc(C)cc1NC(=O)Cc1ccon1. The number of aryl methyl sites for hydroxylation is 1. The highest BCUT2D eigenvalue weighted by Crippen LogP contribution is 2.25. The van der Waals surface area contributed by atoms with E-state index in [9.17, 15) is 4.79 Å². The molecule has 2 rings (SSSR count). The van der Waals surface area contributed by atoms with Crippen LogP contribution in [0, 0.1) is 6.92 Å². The molecule has 94 valence electrons. The molecule has 0 atom stereocenters. The molecule has 1 heterocycles. The van der Waals surface area contributed by atoms with Gasteiger partial charge < -0.3 is 14.6 Å². The van der Waals surface area contributed by atoms with Crippen LogP contribution in [0.4, 0.5) is 5.69 Å². The van der Waals surface area contributed by atoms with E-state index in [1.54, 1.807) is 13.2 Å². The summed E-state index contributed by atoms with van der Waals surface area (Å²) in [5.41, 5.74) is 2.30. The molecule has 0 saturated heterocycles. The molecule has 18 heavy (non-hydrogen) atoms. The molecule has 1 aromatic heterocycles. The van der Waals surface area contributed by atoms with Gasteiger partial charge >= 0.3 is 0 Å². The number of nitrogens with zero attached hydrogens (tertiary/aromatic N) is 1. The number of methoxy groups -OCH3 is 1. The summed E-state index contributed by atoms with van der Waals surface area (Å²) >= 11 is 0. The Bertz CT molecular complexity index is 535. The summed E-state index contributed by atoms with van der Waals surface area (Å²) in [6.07, 6.45) is 1.61. The summed E-state index contributed by atoms with van der Waals surface area (Å²) in [5, 5.41) is 6.49. The Morgan fingerprint density at radius 1 is 1.44 bits per heavy atom. The Hall–Kier alpha value is -2.30. The number of benzene rings is 1. The number of amides is 1. The van der Waals surface area contributed by atoms with Gasteiger partial charge in [-0.25, -0.2) is 0 Å². The maximum Gasteiger partial charge on any atom is 0.230 e. The Balaban J connectivity index is 2.08. The minimum Gasteiger partial charge on any atom is -0.495 e. The van der Waals surface area contributed by atoms with E-state index in [0.717, 1.165) is 5.56 Å². The molecule has 1 amide bonds. The summed E-state index contributed by atoms with van der Waals surface area (Å²) in [6, 6.07) is 7.26. The van der Waals surface area contributed by atoms with Crippen LogP contribution in [0.25, 0.3) is 0 Å². The van der Waals surface area contributed by atoms with Gasteiger partial charge in [0.2, 0.25) is 5.91 Å². The molecular formula is C13H14N2O3. The lowest BCUT2D eigenvalue weighted by Gasteiger charge is -2.10. The Kier molecular flexibility index (Phi) is 3.62. The van der Waals surface area contributed by atoms with E-state index in [1.165, 1.54) is 6.26 Å². The number of hydrogen-bond donors (Lipinski definition) is 1. The summed E-state index contributed by atoms with van der Waals surface area (Å²) in [6.45, 7) is 1.95. The molecule has 0 unspecified atom stereocenters. The number of nitrogens with one attached hydrogen (secondary N) is 1. The van der Waals surface area contributed by atoms with Crippen molar-refractivity contribution >= 4 is 11.6 Å². The number of anilines is 1. The monoisotopic (exact) mass is 246 g/mol. The topological polar surface area (TPSA) is 64.4 Å². The second kappa shape index (κ2) is 5.35. The lowest BCUT2D eigenvalue weighted by atomic mass is 10.2. The summed E-state index contributed by atoms with van der Waals surface area (Å²) < 4.78 is 9.86. The van der Waals surface area contributed by atoms with Crippen LogP contribution in [-0.4, -0.2) is 18.2 Å². The number of ether oxygens (including phenoxy) is 1. The van der Waals surface area contributed by atoms with Gasteiger partial charge in [0.05, 0.1) is 24.9 Å². The van der Waals surface area contributed by atoms with Crippen LogP contribution in [0.2, 0.25) is 0 Å². The van der Waals surface area contributed by atoms with Crippen LogP contribution < -0.4 is 10.1 Å². The van der Waals surface area contributed by atoms with Gasteiger partial charge in [-0.1, -0.05) is 11.2 Å². The van der Waals surface area contributed by atoms with Crippen LogP contribution in [0.5, 0.6) is 5.75 Å². The zero-order valence-corrected chi connectivity index (χ0v) is 10.3. The Morgan fingerprint density at radius 2 is 2.28 bits per heavy atom. The van der Waals surface area contributed by atoms with Crippen LogP contribution >= 0.6 is 0 Å². The zero-order valence-electron chi connectivity index (χ0n) is 10.3. The maximum atomic E-state index is 11.8. The quantitative estimate of drug-likeness (QED) is 0.898. The fraction of sp³-hybridized carbons (Fsp3) is 0.231. The van der Waals surface area contributed by atoms with Crippen LogP contribution in [0.1, 0.15) is 11.3 Å². The first-order chi connectivity index (χ1) is 8.69. The number of hydrogen-bond acceptors (Lipinski definition) is 4. The molecule has 0 saturated carbocycles. The molecule has 1 aromatic carbocycles. The van der Waals surface area contributed by atoms with E-state index in [0.29, 0.717) is 17.1 Å². The first kappa shape index (κ1) is 12.2. The standard InChI is InChI=1S/C13H14N2O3/c1-9-3-4-12(17-2)11(7-9)14-13(16)8-10-5-6-18-15-10/h3-7H,8H2,1-2H3,(H,14,16). The van der Waals surface area contributed by atoms with E-state index in [2.05, 4.69) is 15.0 Å². The van der Waals surface area contributed by atoms with Crippen molar-refractivity contribution in [2.24, 2.45) is 0 Å². The second-order valence-electron chi connectivity index (χ2n) is 3.92. The van der Waals surface area contributed by atoms with Gasteiger partial charge in [0.1, 0.15) is 12.0 Å². The van der Waals surface area contributed by atoms with Crippen molar-refractivity contribution in [1.29, 1.82) is 0 Å². The molecular weight excluding hydrogens is 232 g/mol. The number of rotatable bonds is 4. The third-order valence-electron chi connectivity index (χ3n) is 2.46. The fourth-order valence-electron chi connectivity index (χ4n) is 1.61. The Morgan fingerprint density at radius 3 is 2.94 bits per heavy atom. The second-order valence-corrected chi connectivity index (χ2v) is 3.92. The van der Waals surface area contributed by atoms with E-state index in [4.69, 9.17) is 4.74 Å². The number of carbonyl (C=O) groups is 1. The van der Waals surface area contributed by atoms with Crippen LogP contribution in [-0.2, 0) is 11.2 Å². The van der Waals surface area contributed by atoms with Gasteiger partial charge in [0, 0.05) is 6.07 Å². The van der Waals surface area contributed by atoms with E-state index in [-0.39, 0.29) is 12.3 Å². The molecule has 0 fully saturated rings. The van der Waals surface area contributed by atoms with E-state index < -0.39 is 0 Å². The van der Waals surface area contributed by atoms with Crippen molar-refractivity contribution in [2.75, 3.05) is 12.4 Å². The van der Waals surface area contributed by atoms with Gasteiger partial charge in [-0.15, -0.1) is 0 Å². The molecule has 0 spiro atoms. The molecule has 0 aliphatic rings. The third kappa shape index (κ3) is 2.88. The molecule has 0 aliphatic heterocycles. The highest BCUT2D eigenvalue weighted by atomic mass is 16.5. The van der Waals surface area contributed by atoms with E-state index >= 15 is 0 Å². The normalized spacial score (nSPS) is 10.1. The molecule has 0 bridgehead atoms. The van der Waals surface area contributed by atoms with Crippen LogP contribution in [0.15, 0.2) is 35.1 Å². The molecule has 0 radical (unpaired) electrons. The van der Waals surface area contributed by atoms with Crippen molar-refractivity contribution in [3.8, 4) is 5.75 Å². The van der Waals surface area contributed by atoms with Crippen LogP contribution in [0.3, 0.4) is 0 Å². The van der Waals surface area contributed by atoms with Gasteiger partial charge in [-0.05, 0) is 24.6 Å². The summed E-state index contributed by atoms with van der Waals surface area (Å²) in [5.74, 6) is 0.474. The Labute approximate surface area is 105 Å². The maximum absolute atomic E-state index is 11.8. The third-order valence-corrected chi connectivity index (χ3v) is 2.46. The predicted molar refractivity (Wildman–Crippen MR) is 66.6 cm³/mol. The van der Waals surface area contributed by atoms with Crippen molar-refractivity contribution in [2.45, 2.75) is 13.3 Å². The fourth-order valence-corrected chi connectivity index (χ4v) is 1.61. The predicted octanol–water partition coefficient (Wildman–Crippen LogP) is 2.17. The lowest BCUT2D eigenvalue weighted by molar-refractivity contribution is -0.115.